The van der Waals surface area contributed by atoms with Gasteiger partial charge in [-0.05, 0) is 31.0 Å². The lowest BCUT2D eigenvalue weighted by atomic mass is 10.1. The van der Waals surface area contributed by atoms with Crippen molar-refractivity contribution in [2.24, 2.45) is 0 Å². The van der Waals surface area contributed by atoms with Crippen LogP contribution < -0.4 is 5.32 Å². The molecular formula is C22H26F2N2O2S. The second kappa shape index (κ2) is 11.6. The summed E-state index contributed by atoms with van der Waals surface area (Å²) >= 11 is 1.26. The molecule has 0 spiro atoms. The van der Waals surface area contributed by atoms with Crippen LogP contribution in [0.1, 0.15) is 31.4 Å². The Morgan fingerprint density at radius 2 is 1.62 bits per heavy atom. The molecule has 0 saturated carbocycles. The molecule has 156 valence electrons. The first-order valence-corrected chi connectivity index (χ1v) is 10.7. The Balaban J connectivity index is 2.08. The Labute approximate surface area is 174 Å². The zero-order valence-electron chi connectivity index (χ0n) is 16.7. The molecule has 0 aliphatic carbocycles. The van der Waals surface area contributed by atoms with Crippen LogP contribution in [0.3, 0.4) is 0 Å². The number of amides is 2. The predicted molar refractivity (Wildman–Crippen MR) is 112 cm³/mol. The summed E-state index contributed by atoms with van der Waals surface area (Å²) in [5, 5.41) is 2.77. The van der Waals surface area contributed by atoms with Crippen LogP contribution in [-0.2, 0) is 21.9 Å². The van der Waals surface area contributed by atoms with Gasteiger partial charge < -0.3 is 10.2 Å². The maximum Gasteiger partial charge on any atom is 0.242 e. The maximum atomic E-state index is 14.1. The van der Waals surface area contributed by atoms with E-state index in [0.29, 0.717) is 23.4 Å². The van der Waals surface area contributed by atoms with Crippen molar-refractivity contribution in [3.05, 3.63) is 71.3 Å². The zero-order chi connectivity index (χ0) is 21.2. The molecule has 0 aromatic heterocycles. The molecule has 0 fully saturated rings. The van der Waals surface area contributed by atoms with Gasteiger partial charge in [0.05, 0.1) is 5.75 Å². The van der Waals surface area contributed by atoms with E-state index in [2.05, 4.69) is 5.32 Å². The number of halogens is 2. The Morgan fingerprint density at radius 1 is 1.03 bits per heavy atom. The SMILES string of the molecule is CCCNC(=O)C(C)N(Cc1ccccc1F)C(=O)CSCc1ccccc1F. The molecule has 0 aliphatic rings. The highest BCUT2D eigenvalue weighted by Gasteiger charge is 2.26. The van der Waals surface area contributed by atoms with Crippen LogP contribution in [0.2, 0.25) is 0 Å². The topological polar surface area (TPSA) is 49.4 Å². The summed E-state index contributed by atoms with van der Waals surface area (Å²) in [6, 6.07) is 11.8. The Morgan fingerprint density at radius 3 is 2.21 bits per heavy atom. The molecule has 0 heterocycles. The summed E-state index contributed by atoms with van der Waals surface area (Å²) < 4.78 is 27.9. The Kier molecular flexibility index (Phi) is 9.12. The highest BCUT2D eigenvalue weighted by atomic mass is 32.2. The summed E-state index contributed by atoms with van der Waals surface area (Å²) in [5.74, 6) is -0.922. The lowest BCUT2D eigenvalue weighted by Crippen LogP contribution is -2.48. The van der Waals surface area contributed by atoms with Crippen LogP contribution in [0.4, 0.5) is 8.78 Å². The van der Waals surface area contributed by atoms with Gasteiger partial charge in [-0.15, -0.1) is 11.8 Å². The van der Waals surface area contributed by atoms with Gasteiger partial charge in [0, 0.05) is 24.4 Å². The normalized spacial score (nSPS) is 11.7. The molecule has 7 heteroatoms. The second-order valence-electron chi connectivity index (χ2n) is 6.66. The monoisotopic (exact) mass is 420 g/mol. The minimum Gasteiger partial charge on any atom is -0.354 e. The van der Waals surface area contributed by atoms with Gasteiger partial charge in [0.15, 0.2) is 0 Å². The van der Waals surface area contributed by atoms with E-state index in [1.807, 2.05) is 6.92 Å². The van der Waals surface area contributed by atoms with Gasteiger partial charge in [0.2, 0.25) is 11.8 Å². The molecule has 2 aromatic carbocycles. The highest BCUT2D eigenvalue weighted by Crippen LogP contribution is 2.18. The largest absolute Gasteiger partial charge is 0.354 e. The van der Waals surface area contributed by atoms with Gasteiger partial charge in [-0.1, -0.05) is 43.3 Å². The van der Waals surface area contributed by atoms with Gasteiger partial charge in [-0.2, -0.15) is 0 Å². The highest BCUT2D eigenvalue weighted by molar-refractivity contribution is 7.99. The van der Waals surface area contributed by atoms with Crippen molar-refractivity contribution in [3.63, 3.8) is 0 Å². The predicted octanol–water partition coefficient (Wildman–Crippen LogP) is 4.14. The molecule has 1 N–H and O–H groups in total. The Bertz CT molecular complexity index is 832. The molecular weight excluding hydrogens is 394 g/mol. The summed E-state index contributed by atoms with van der Waals surface area (Å²) in [5.41, 5.74) is 0.856. The standard InChI is InChI=1S/C22H26F2N2O2S/c1-3-12-25-22(28)16(2)26(13-17-8-4-6-10-19(17)23)21(27)15-29-14-18-9-5-7-11-20(18)24/h4-11,16H,3,12-15H2,1-2H3,(H,25,28). The lowest BCUT2D eigenvalue weighted by molar-refractivity contribution is -0.138. The van der Waals surface area contributed by atoms with Crippen LogP contribution in [0, 0.1) is 11.6 Å². The molecule has 1 atom stereocenters. The minimum atomic E-state index is -0.747. The molecule has 0 aliphatic heterocycles. The first-order chi connectivity index (χ1) is 13.9. The number of hydrogen-bond donors (Lipinski definition) is 1. The molecule has 0 saturated heterocycles. The smallest absolute Gasteiger partial charge is 0.242 e. The third-order valence-electron chi connectivity index (χ3n) is 4.46. The number of thioether (sulfide) groups is 1. The van der Waals surface area contributed by atoms with E-state index in [-0.39, 0.29) is 29.9 Å². The van der Waals surface area contributed by atoms with Crippen molar-refractivity contribution in [2.75, 3.05) is 12.3 Å². The maximum absolute atomic E-state index is 14.1. The quantitative estimate of drug-likeness (QED) is 0.628. The van der Waals surface area contributed by atoms with E-state index in [1.165, 1.54) is 28.8 Å². The molecule has 2 amide bonds. The van der Waals surface area contributed by atoms with E-state index < -0.39 is 11.9 Å². The number of rotatable bonds is 10. The average Bonchev–Trinajstić information content (AvgIpc) is 2.72. The van der Waals surface area contributed by atoms with Crippen molar-refractivity contribution in [1.82, 2.24) is 10.2 Å². The van der Waals surface area contributed by atoms with Crippen molar-refractivity contribution < 1.29 is 18.4 Å². The second-order valence-corrected chi connectivity index (χ2v) is 7.65. The number of carbonyl (C=O) groups excluding carboxylic acids is 2. The van der Waals surface area contributed by atoms with Crippen molar-refractivity contribution in [1.29, 1.82) is 0 Å². The van der Waals surface area contributed by atoms with Crippen molar-refractivity contribution in [2.45, 2.75) is 38.6 Å². The fraction of sp³-hybridized carbons (Fsp3) is 0.364. The van der Waals surface area contributed by atoms with E-state index in [1.54, 1.807) is 43.3 Å². The number of nitrogens with one attached hydrogen (secondary N) is 1. The van der Waals surface area contributed by atoms with Gasteiger partial charge in [-0.3, -0.25) is 9.59 Å². The first-order valence-electron chi connectivity index (χ1n) is 9.55. The summed E-state index contributed by atoms with van der Waals surface area (Å²) in [4.78, 5) is 26.6. The van der Waals surface area contributed by atoms with Crippen LogP contribution >= 0.6 is 11.8 Å². The molecule has 1 unspecified atom stereocenters. The first kappa shape index (κ1) is 22.9. The van der Waals surface area contributed by atoms with E-state index in [9.17, 15) is 18.4 Å². The van der Waals surface area contributed by atoms with Crippen molar-refractivity contribution >= 4 is 23.6 Å². The fourth-order valence-electron chi connectivity index (χ4n) is 2.74. The van der Waals surface area contributed by atoms with Crippen molar-refractivity contribution in [3.8, 4) is 0 Å². The number of hydrogen-bond acceptors (Lipinski definition) is 3. The molecule has 2 aromatic rings. The molecule has 0 bridgehead atoms. The van der Waals surface area contributed by atoms with Crippen LogP contribution in [0.15, 0.2) is 48.5 Å². The Hall–Kier alpha value is -2.41. The van der Waals surface area contributed by atoms with Crippen LogP contribution in [0.25, 0.3) is 0 Å². The van der Waals surface area contributed by atoms with Gasteiger partial charge in [0.1, 0.15) is 17.7 Å². The van der Waals surface area contributed by atoms with Crippen LogP contribution in [-0.4, -0.2) is 35.1 Å². The third kappa shape index (κ3) is 6.85. The number of benzene rings is 2. The van der Waals surface area contributed by atoms with Gasteiger partial charge in [-0.25, -0.2) is 8.78 Å². The molecule has 2 rings (SSSR count). The zero-order valence-corrected chi connectivity index (χ0v) is 17.5. The van der Waals surface area contributed by atoms with Gasteiger partial charge >= 0.3 is 0 Å². The average molecular weight is 421 g/mol. The summed E-state index contributed by atoms with van der Waals surface area (Å²) in [6.07, 6.45) is 0.776. The fourth-order valence-corrected chi connectivity index (χ4v) is 3.63. The van der Waals surface area contributed by atoms with Crippen LogP contribution in [0.5, 0.6) is 0 Å². The summed E-state index contributed by atoms with van der Waals surface area (Å²) in [6.45, 7) is 4.07. The van der Waals surface area contributed by atoms with E-state index in [0.717, 1.165) is 6.42 Å². The van der Waals surface area contributed by atoms with Gasteiger partial charge in [0.25, 0.3) is 0 Å². The van der Waals surface area contributed by atoms with E-state index >= 15 is 0 Å². The number of nitrogens with zero attached hydrogens (tertiary/aromatic N) is 1. The van der Waals surface area contributed by atoms with E-state index in [4.69, 9.17) is 0 Å². The molecule has 4 nitrogen and oxygen atoms in total. The molecule has 29 heavy (non-hydrogen) atoms. The minimum absolute atomic E-state index is 0.00746. The molecule has 0 radical (unpaired) electrons. The third-order valence-corrected chi connectivity index (χ3v) is 5.42. The summed E-state index contributed by atoms with van der Waals surface area (Å²) in [7, 11) is 0. The number of carbonyl (C=O) groups is 2. The lowest BCUT2D eigenvalue weighted by Gasteiger charge is -2.29.